The van der Waals surface area contributed by atoms with Crippen molar-refractivity contribution in [3.63, 3.8) is 0 Å². The third-order valence-electron chi connectivity index (χ3n) is 3.89. The Kier molecular flexibility index (Phi) is 5.59. The van der Waals surface area contributed by atoms with Crippen molar-refractivity contribution >= 4 is 18.1 Å². The number of hydrogen-bond donors (Lipinski definition) is 1. The molecule has 0 bridgehead atoms. The molecule has 1 aromatic carbocycles. The number of halogens is 3. The van der Waals surface area contributed by atoms with Crippen molar-refractivity contribution in [2.75, 3.05) is 31.2 Å². The molecular weight excluding hydrogens is 313 g/mol. The standard InChI is InChI=1S/C15H17F3N2O3/c16-3-1-4-19-5-2-10(8-19)20(15(22)23)11-6-13(17)12(9-21)14(18)7-11/h6-7,9-10H,1-5,8H2,(H,22,23)/t10-/m0/s1. The number of benzene rings is 1. The average Bonchev–Trinajstić information content (AvgIpc) is 2.93. The predicted octanol–water partition coefficient (Wildman–Crippen LogP) is 2.70. The van der Waals surface area contributed by atoms with E-state index in [9.17, 15) is 27.9 Å². The highest BCUT2D eigenvalue weighted by Crippen LogP contribution is 2.26. The van der Waals surface area contributed by atoms with Gasteiger partial charge in [-0.15, -0.1) is 0 Å². The van der Waals surface area contributed by atoms with E-state index in [1.54, 1.807) is 0 Å². The van der Waals surface area contributed by atoms with Crippen LogP contribution in [0, 0.1) is 11.6 Å². The topological polar surface area (TPSA) is 60.9 Å². The van der Waals surface area contributed by atoms with Gasteiger partial charge in [-0.1, -0.05) is 0 Å². The van der Waals surface area contributed by atoms with Crippen LogP contribution >= 0.6 is 0 Å². The lowest BCUT2D eigenvalue weighted by Gasteiger charge is -2.26. The van der Waals surface area contributed by atoms with Crippen molar-refractivity contribution in [3.05, 3.63) is 29.3 Å². The minimum Gasteiger partial charge on any atom is -0.465 e. The van der Waals surface area contributed by atoms with Crippen molar-refractivity contribution in [3.8, 4) is 0 Å². The molecule has 1 fully saturated rings. The molecule has 0 radical (unpaired) electrons. The quantitative estimate of drug-likeness (QED) is 0.815. The molecule has 0 aromatic heterocycles. The van der Waals surface area contributed by atoms with Gasteiger partial charge < -0.3 is 10.0 Å². The van der Waals surface area contributed by atoms with Crippen molar-refractivity contribution < 1.29 is 27.9 Å². The van der Waals surface area contributed by atoms with Crippen molar-refractivity contribution in [1.29, 1.82) is 0 Å². The van der Waals surface area contributed by atoms with Crippen LogP contribution in [0.3, 0.4) is 0 Å². The number of carboxylic acid groups (broad SMARTS) is 1. The number of carbonyl (C=O) groups excluding carboxylic acids is 1. The highest BCUT2D eigenvalue weighted by atomic mass is 19.1. The molecule has 1 N–H and O–H groups in total. The molecule has 1 aromatic rings. The third-order valence-corrected chi connectivity index (χ3v) is 3.89. The van der Waals surface area contributed by atoms with E-state index in [0.29, 0.717) is 32.5 Å². The minimum atomic E-state index is -1.33. The molecule has 1 heterocycles. The van der Waals surface area contributed by atoms with Crippen molar-refractivity contribution in [1.82, 2.24) is 4.90 Å². The molecule has 1 amide bonds. The molecule has 0 unspecified atom stereocenters. The Balaban J connectivity index is 2.23. The van der Waals surface area contributed by atoms with E-state index in [4.69, 9.17) is 0 Å². The summed E-state index contributed by atoms with van der Waals surface area (Å²) in [4.78, 5) is 24.9. The molecular formula is C15H17F3N2O3. The summed E-state index contributed by atoms with van der Waals surface area (Å²) in [5.74, 6) is -2.21. The Labute approximate surface area is 131 Å². The Hall–Kier alpha value is -2.09. The number of amides is 1. The van der Waals surface area contributed by atoms with Gasteiger partial charge in [0.15, 0.2) is 6.29 Å². The van der Waals surface area contributed by atoms with Crippen LogP contribution in [0.2, 0.25) is 0 Å². The largest absolute Gasteiger partial charge is 0.465 e. The fourth-order valence-electron chi connectivity index (χ4n) is 2.81. The summed E-state index contributed by atoms with van der Waals surface area (Å²) in [6.07, 6.45) is -0.442. The molecule has 0 aliphatic carbocycles. The van der Waals surface area contributed by atoms with Gasteiger partial charge in [0.1, 0.15) is 11.6 Å². The van der Waals surface area contributed by atoms with Crippen LogP contribution in [-0.2, 0) is 0 Å². The fraction of sp³-hybridized carbons (Fsp3) is 0.467. The molecule has 5 nitrogen and oxygen atoms in total. The van der Waals surface area contributed by atoms with E-state index >= 15 is 0 Å². The minimum absolute atomic E-state index is 0.0494. The number of hydrogen-bond acceptors (Lipinski definition) is 3. The van der Waals surface area contributed by atoms with E-state index in [0.717, 1.165) is 17.0 Å². The van der Waals surface area contributed by atoms with Gasteiger partial charge in [-0.2, -0.15) is 0 Å². The number of carbonyl (C=O) groups is 2. The van der Waals surface area contributed by atoms with Crippen LogP contribution in [0.15, 0.2) is 12.1 Å². The second kappa shape index (κ2) is 7.45. The van der Waals surface area contributed by atoms with Gasteiger partial charge in [-0.3, -0.25) is 14.1 Å². The second-order valence-electron chi connectivity index (χ2n) is 5.38. The number of nitrogens with zero attached hydrogens (tertiary/aromatic N) is 2. The fourth-order valence-corrected chi connectivity index (χ4v) is 2.81. The number of rotatable bonds is 6. The monoisotopic (exact) mass is 330 g/mol. The maximum atomic E-state index is 13.7. The lowest BCUT2D eigenvalue weighted by atomic mass is 10.1. The maximum Gasteiger partial charge on any atom is 0.412 e. The zero-order valence-electron chi connectivity index (χ0n) is 12.3. The summed E-state index contributed by atoms with van der Waals surface area (Å²) < 4.78 is 39.7. The van der Waals surface area contributed by atoms with E-state index in [-0.39, 0.29) is 12.0 Å². The Morgan fingerprint density at radius 1 is 1.39 bits per heavy atom. The van der Waals surface area contributed by atoms with E-state index < -0.39 is 36.0 Å². The molecule has 126 valence electrons. The summed E-state index contributed by atoms with van der Waals surface area (Å²) in [5.41, 5.74) is -0.884. The van der Waals surface area contributed by atoms with Gasteiger partial charge >= 0.3 is 6.09 Å². The SMILES string of the molecule is O=Cc1c(F)cc(N(C(=O)O)[C@H]2CCN(CCCF)C2)cc1F. The van der Waals surface area contributed by atoms with Gasteiger partial charge in [0.2, 0.25) is 0 Å². The predicted molar refractivity (Wildman–Crippen MR) is 77.7 cm³/mol. The zero-order valence-corrected chi connectivity index (χ0v) is 12.3. The first-order valence-electron chi connectivity index (χ1n) is 7.22. The van der Waals surface area contributed by atoms with E-state index in [2.05, 4.69) is 0 Å². The summed E-state index contributed by atoms with van der Waals surface area (Å²) in [5, 5.41) is 9.39. The maximum absolute atomic E-state index is 13.7. The Bertz CT molecular complexity index is 574. The summed E-state index contributed by atoms with van der Waals surface area (Å²) in [6, 6.07) is 1.20. The van der Waals surface area contributed by atoms with E-state index in [1.165, 1.54) is 0 Å². The van der Waals surface area contributed by atoms with Gasteiger partial charge in [0.05, 0.1) is 24.0 Å². The Morgan fingerprint density at radius 2 is 2.04 bits per heavy atom. The van der Waals surface area contributed by atoms with Crippen molar-refractivity contribution in [2.24, 2.45) is 0 Å². The van der Waals surface area contributed by atoms with Crippen LogP contribution in [0.5, 0.6) is 0 Å². The molecule has 1 atom stereocenters. The molecule has 0 spiro atoms. The number of aldehydes is 1. The van der Waals surface area contributed by atoms with Crippen LogP contribution in [0.4, 0.5) is 23.7 Å². The van der Waals surface area contributed by atoms with Gasteiger partial charge in [0, 0.05) is 19.6 Å². The number of likely N-dealkylation sites (tertiary alicyclic amines) is 1. The van der Waals surface area contributed by atoms with Gasteiger partial charge in [-0.05, 0) is 25.0 Å². The lowest BCUT2D eigenvalue weighted by molar-refractivity contribution is 0.111. The average molecular weight is 330 g/mol. The summed E-state index contributed by atoms with van der Waals surface area (Å²) >= 11 is 0. The normalized spacial score (nSPS) is 18.1. The summed E-state index contributed by atoms with van der Waals surface area (Å²) in [7, 11) is 0. The van der Waals surface area contributed by atoms with Gasteiger partial charge in [-0.25, -0.2) is 13.6 Å². The molecule has 0 saturated carbocycles. The summed E-state index contributed by atoms with van der Waals surface area (Å²) in [6.45, 7) is 1.01. The lowest BCUT2D eigenvalue weighted by Crippen LogP contribution is -2.41. The van der Waals surface area contributed by atoms with Crippen LogP contribution < -0.4 is 4.90 Å². The highest BCUT2D eigenvalue weighted by Gasteiger charge is 2.32. The first kappa shape index (κ1) is 17.3. The third kappa shape index (κ3) is 3.82. The molecule has 8 heteroatoms. The van der Waals surface area contributed by atoms with Crippen LogP contribution in [0.1, 0.15) is 23.2 Å². The molecule has 23 heavy (non-hydrogen) atoms. The van der Waals surface area contributed by atoms with Crippen molar-refractivity contribution in [2.45, 2.75) is 18.9 Å². The van der Waals surface area contributed by atoms with E-state index in [1.807, 2.05) is 4.90 Å². The molecule has 1 aliphatic rings. The molecule has 1 aliphatic heterocycles. The first-order valence-corrected chi connectivity index (χ1v) is 7.22. The van der Waals surface area contributed by atoms with Crippen LogP contribution in [-0.4, -0.2) is 54.7 Å². The zero-order chi connectivity index (χ0) is 17.0. The number of alkyl halides is 1. The molecule has 1 saturated heterocycles. The highest BCUT2D eigenvalue weighted by molar-refractivity contribution is 5.88. The van der Waals surface area contributed by atoms with Gasteiger partial charge in [0.25, 0.3) is 0 Å². The number of anilines is 1. The first-order chi connectivity index (χ1) is 11.0. The molecule has 2 rings (SSSR count). The smallest absolute Gasteiger partial charge is 0.412 e. The van der Waals surface area contributed by atoms with Crippen LogP contribution in [0.25, 0.3) is 0 Å². The second-order valence-corrected chi connectivity index (χ2v) is 5.38. The Morgan fingerprint density at radius 3 is 2.57 bits per heavy atom.